The predicted octanol–water partition coefficient (Wildman–Crippen LogP) is 1.70. The van der Waals surface area contributed by atoms with Crippen LogP contribution in [0.25, 0.3) is 0 Å². The van der Waals surface area contributed by atoms with Gasteiger partial charge in [0.2, 0.25) is 5.91 Å². The molecule has 154 valence electrons. The van der Waals surface area contributed by atoms with Crippen LogP contribution in [0.1, 0.15) is 53.4 Å². The second-order valence-corrected chi connectivity index (χ2v) is 7.39. The number of nitrogens with one attached hydrogen (secondary N) is 2. The molecule has 0 aromatic heterocycles. The topological polar surface area (TPSA) is 56.8 Å². The normalized spacial score (nSPS) is 20.7. The van der Waals surface area contributed by atoms with Gasteiger partial charge in [-0.3, -0.25) is 9.69 Å². The van der Waals surface area contributed by atoms with Crippen LogP contribution in [-0.2, 0) is 9.53 Å². The van der Waals surface area contributed by atoms with Crippen LogP contribution >= 0.6 is 0 Å². The van der Waals surface area contributed by atoms with Gasteiger partial charge < -0.3 is 20.3 Å². The summed E-state index contributed by atoms with van der Waals surface area (Å²) < 4.78 is 6.33. The summed E-state index contributed by atoms with van der Waals surface area (Å²) in [6, 6.07) is 0.647. The van der Waals surface area contributed by atoms with Crippen molar-refractivity contribution in [2.75, 3.05) is 52.9 Å². The second-order valence-electron chi connectivity index (χ2n) is 7.39. The SMILES string of the molecule is CC.CNCCNC(=O)CN1CCC(OC2CCN(C(C)C)CC2)CC1. The predicted molar refractivity (Wildman–Crippen MR) is 109 cm³/mol. The first-order valence-electron chi connectivity index (χ1n) is 10.6. The highest BCUT2D eigenvalue weighted by Gasteiger charge is 2.26. The van der Waals surface area contributed by atoms with Crippen LogP contribution in [0, 0.1) is 0 Å². The highest BCUT2D eigenvalue weighted by atomic mass is 16.5. The molecule has 1 amide bonds. The number of hydrogen-bond donors (Lipinski definition) is 2. The van der Waals surface area contributed by atoms with Gasteiger partial charge in [0.15, 0.2) is 0 Å². The molecule has 0 aromatic carbocycles. The third-order valence-electron chi connectivity index (χ3n) is 5.19. The van der Waals surface area contributed by atoms with E-state index in [1.807, 2.05) is 20.9 Å². The molecule has 2 heterocycles. The Morgan fingerprint density at radius 1 is 1.00 bits per heavy atom. The maximum atomic E-state index is 11.9. The smallest absolute Gasteiger partial charge is 0.234 e. The van der Waals surface area contributed by atoms with Crippen molar-refractivity contribution in [3.63, 3.8) is 0 Å². The van der Waals surface area contributed by atoms with Crippen molar-refractivity contribution < 1.29 is 9.53 Å². The fourth-order valence-corrected chi connectivity index (χ4v) is 3.59. The van der Waals surface area contributed by atoms with Gasteiger partial charge in [-0.15, -0.1) is 0 Å². The number of likely N-dealkylation sites (N-methyl/N-ethyl adjacent to an activating group) is 1. The number of nitrogens with zero attached hydrogens (tertiary/aromatic N) is 2. The highest BCUT2D eigenvalue weighted by Crippen LogP contribution is 2.21. The Bertz CT molecular complexity index is 363. The van der Waals surface area contributed by atoms with Crippen LogP contribution in [0.4, 0.5) is 0 Å². The van der Waals surface area contributed by atoms with Gasteiger partial charge in [-0.05, 0) is 46.6 Å². The molecule has 0 unspecified atom stereocenters. The lowest BCUT2D eigenvalue weighted by atomic mass is 10.0. The maximum Gasteiger partial charge on any atom is 0.234 e. The van der Waals surface area contributed by atoms with E-state index in [9.17, 15) is 4.79 Å². The Morgan fingerprint density at radius 2 is 1.54 bits per heavy atom. The number of rotatable bonds is 8. The number of piperidine rings is 2. The van der Waals surface area contributed by atoms with Crippen LogP contribution in [0.3, 0.4) is 0 Å². The van der Waals surface area contributed by atoms with E-state index in [2.05, 4.69) is 34.3 Å². The molecular weight excluding hydrogens is 328 g/mol. The second kappa shape index (κ2) is 13.5. The Morgan fingerprint density at radius 3 is 2.04 bits per heavy atom. The van der Waals surface area contributed by atoms with Gasteiger partial charge in [0.05, 0.1) is 18.8 Å². The van der Waals surface area contributed by atoms with E-state index in [-0.39, 0.29) is 5.91 Å². The van der Waals surface area contributed by atoms with Gasteiger partial charge in [-0.1, -0.05) is 13.8 Å². The lowest BCUT2D eigenvalue weighted by molar-refractivity contribution is -0.123. The van der Waals surface area contributed by atoms with Gasteiger partial charge in [-0.25, -0.2) is 0 Å². The summed E-state index contributed by atoms with van der Waals surface area (Å²) in [5.74, 6) is 0.130. The molecule has 0 bridgehead atoms. The fourth-order valence-electron chi connectivity index (χ4n) is 3.59. The van der Waals surface area contributed by atoms with Crippen molar-refractivity contribution in [3.05, 3.63) is 0 Å². The number of likely N-dealkylation sites (tertiary alicyclic amines) is 2. The van der Waals surface area contributed by atoms with Crippen molar-refractivity contribution in [3.8, 4) is 0 Å². The van der Waals surface area contributed by atoms with Crippen molar-refractivity contribution in [1.82, 2.24) is 20.4 Å². The minimum absolute atomic E-state index is 0.130. The van der Waals surface area contributed by atoms with Gasteiger partial charge in [0.25, 0.3) is 0 Å². The zero-order valence-electron chi connectivity index (χ0n) is 17.7. The number of ether oxygens (including phenoxy) is 1. The van der Waals surface area contributed by atoms with Crippen molar-refractivity contribution >= 4 is 5.91 Å². The van der Waals surface area contributed by atoms with Gasteiger partial charge in [0, 0.05) is 45.3 Å². The first-order valence-corrected chi connectivity index (χ1v) is 10.6. The Labute approximate surface area is 161 Å². The van der Waals surface area contributed by atoms with Crippen molar-refractivity contribution in [1.29, 1.82) is 0 Å². The van der Waals surface area contributed by atoms with Gasteiger partial charge in [-0.2, -0.15) is 0 Å². The average Bonchev–Trinajstić information content (AvgIpc) is 2.66. The Balaban J connectivity index is 0.00000163. The van der Waals surface area contributed by atoms with E-state index in [4.69, 9.17) is 4.74 Å². The molecule has 2 fully saturated rings. The molecule has 2 rings (SSSR count). The zero-order valence-corrected chi connectivity index (χ0v) is 17.7. The zero-order chi connectivity index (χ0) is 19.4. The standard InChI is InChI=1S/C18H36N4O2.C2H6/c1-15(2)22-12-6-17(7-13-22)24-16-4-10-21(11-5-16)14-18(23)20-9-8-19-3;1-2/h15-17,19H,4-14H2,1-3H3,(H,20,23);1-2H3. The molecule has 6 heteroatoms. The quantitative estimate of drug-likeness (QED) is 0.637. The molecule has 2 saturated heterocycles. The molecule has 0 atom stereocenters. The van der Waals surface area contributed by atoms with Crippen LogP contribution in [0.2, 0.25) is 0 Å². The van der Waals surface area contributed by atoms with Crippen LogP contribution < -0.4 is 10.6 Å². The first-order chi connectivity index (χ1) is 12.6. The number of carbonyl (C=O) groups excluding carboxylic acids is 1. The summed E-state index contributed by atoms with van der Waals surface area (Å²) in [6.45, 7) is 14.8. The molecule has 2 N–H and O–H groups in total. The molecule has 0 saturated carbocycles. The van der Waals surface area contributed by atoms with Crippen molar-refractivity contribution in [2.45, 2.75) is 71.6 Å². The van der Waals surface area contributed by atoms with E-state index in [0.29, 0.717) is 31.3 Å². The highest BCUT2D eigenvalue weighted by molar-refractivity contribution is 5.78. The number of hydrogen-bond acceptors (Lipinski definition) is 5. The van der Waals surface area contributed by atoms with E-state index in [1.165, 1.54) is 0 Å². The summed E-state index contributed by atoms with van der Waals surface area (Å²) in [5, 5.41) is 5.97. The Hall–Kier alpha value is -0.690. The summed E-state index contributed by atoms with van der Waals surface area (Å²) in [6.07, 6.45) is 5.23. The third-order valence-corrected chi connectivity index (χ3v) is 5.19. The fraction of sp³-hybridized carbons (Fsp3) is 0.950. The summed E-state index contributed by atoms with van der Waals surface area (Å²) in [7, 11) is 1.89. The van der Waals surface area contributed by atoms with E-state index in [0.717, 1.165) is 58.4 Å². The largest absolute Gasteiger partial charge is 0.375 e. The molecule has 6 nitrogen and oxygen atoms in total. The molecule has 0 aromatic rings. The van der Waals surface area contributed by atoms with Crippen LogP contribution in [0.15, 0.2) is 0 Å². The lowest BCUT2D eigenvalue weighted by Crippen LogP contribution is -2.46. The number of amides is 1. The summed E-state index contributed by atoms with van der Waals surface area (Å²) in [5.41, 5.74) is 0. The first kappa shape index (κ1) is 23.3. The average molecular weight is 371 g/mol. The molecule has 0 radical (unpaired) electrons. The molecule has 2 aliphatic heterocycles. The van der Waals surface area contributed by atoms with Crippen molar-refractivity contribution in [2.24, 2.45) is 0 Å². The van der Waals surface area contributed by atoms with E-state index < -0.39 is 0 Å². The van der Waals surface area contributed by atoms with E-state index in [1.54, 1.807) is 0 Å². The van der Waals surface area contributed by atoms with Crippen LogP contribution in [-0.4, -0.2) is 86.8 Å². The maximum absolute atomic E-state index is 11.9. The molecular formula is C20H42N4O2. The molecule has 0 aliphatic carbocycles. The van der Waals surface area contributed by atoms with Gasteiger partial charge in [0.1, 0.15) is 0 Å². The van der Waals surface area contributed by atoms with E-state index >= 15 is 0 Å². The summed E-state index contributed by atoms with van der Waals surface area (Å²) in [4.78, 5) is 16.6. The summed E-state index contributed by atoms with van der Waals surface area (Å²) >= 11 is 0. The molecule has 2 aliphatic rings. The monoisotopic (exact) mass is 370 g/mol. The van der Waals surface area contributed by atoms with Crippen LogP contribution in [0.5, 0.6) is 0 Å². The minimum Gasteiger partial charge on any atom is -0.375 e. The molecule has 26 heavy (non-hydrogen) atoms. The Kier molecular flexibility index (Phi) is 12.1. The van der Waals surface area contributed by atoms with Gasteiger partial charge >= 0.3 is 0 Å². The number of carbonyl (C=O) groups is 1. The third kappa shape index (κ3) is 8.80. The molecule has 0 spiro atoms. The lowest BCUT2D eigenvalue weighted by Gasteiger charge is -2.38. The minimum atomic E-state index is 0.130.